The Hall–Kier alpha value is -2.49. The summed E-state index contributed by atoms with van der Waals surface area (Å²) in [4.78, 5) is 14.7. The maximum atomic E-state index is 12.7. The molecule has 132 valence electrons. The molecule has 0 unspecified atom stereocenters. The van der Waals surface area contributed by atoms with Gasteiger partial charge in [-0.2, -0.15) is 0 Å². The third-order valence-electron chi connectivity index (χ3n) is 4.79. The van der Waals surface area contributed by atoms with Gasteiger partial charge in [0.05, 0.1) is 6.04 Å². The summed E-state index contributed by atoms with van der Waals surface area (Å²) in [6, 6.07) is 15.8. The number of phenols is 1. The van der Waals surface area contributed by atoms with E-state index in [4.69, 9.17) is 0 Å². The zero-order chi connectivity index (χ0) is 17.8. The average Bonchev–Trinajstić information content (AvgIpc) is 3.07. The molecule has 1 heterocycles. The standard InChI is InChI=1S/C21H26N2O2/c1-15-5-3-6-18(13-15)20-7-4-12-23(20)21(25)22-16(2)14-17-8-10-19(24)11-9-17/h3,5-6,8-11,13,16,20,24H,4,7,12,14H2,1-2H3,(H,22,25)/t16-,20+/m0/s1. The van der Waals surface area contributed by atoms with Gasteiger partial charge in [-0.3, -0.25) is 0 Å². The van der Waals surface area contributed by atoms with Crippen LogP contribution in [0.25, 0.3) is 0 Å². The highest BCUT2D eigenvalue weighted by molar-refractivity contribution is 5.75. The summed E-state index contributed by atoms with van der Waals surface area (Å²) in [5.41, 5.74) is 3.55. The molecule has 2 atom stereocenters. The minimum atomic E-state index is 0.00952. The van der Waals surface area contributed by atoms with Crippen molar-refractivity contribution < 1.29 is 9.90 Å². The molecule has 1 aliphatic rings. The lowest BCUT2D eigenvalue weighted by molar-refractivity contribution is 0.189. The topological polar surface area (TPSA) is 52.6 Å². The number of likely N-dealkylation sites (tertiary alicyclic amines) is 1. The van der Waals surface area contributed by atoms with Crippen molar-refractivity contribution in [2.75, 3.05) is 6.54 Å². The predicted molar refractivity (Wildman–Crippen MR) is 99.7 cm³/mol. The number of amides is 2. The lowest BCUT2D eigenvalue weighted by Crippen LogP contribution is -2.44. The molecule has 0 spiro atoms. The van der Waals surface area contributed by atoms with E-state index in [1.165, 1.54) is 11.1 Å². The summed E-state index contributed by atoms with van der Waals surface area (Å²) >= 11 is 0. The Morgan fingerprint density at radius 2 is 2.04 bits per heavy atom. The molecule has 0 bridgehead atoms. The van der Waals surface area contributed by atoms with E-state index >= 15 is 0 Å². The minimum absolute atomic E-state index is 0.00952. The number of aryl methyl sites for hydroxylation is 1. The zero-order valence-corrected chi connectivity index (χ0v) is 14.9. The highest BCUT2D eigenvalue weighted by atomic mass is 16.3. The molecule has 3 rings (SSSR count). The van der Waals surface area contributed by atoms with Crippen LogP contribution in [0.1, 0.15) is 42.5 Å². The molecule has 2 aromatic rings. The Morgan fingerprint density at radius 3 is 2.76 bits per heavy atom. The predicted octanol–water partition coefficient (Wildman–Crippen LogP) is 4.18. The van der Waals surface area contributed by atoms with Crippen molar-refractivity contribution in [2.24, 2.45) is 0 Å². The van der Waals surface area contributed by atoms with E-state index in [1.54, 1.807) is 12.1 Å². The van der Waals surface area contributed by atoms with Crippen molar-refractivity contribution in [3.63, 3.8) is 0 Å². The van der Waals surface area contributed by atoms with Gasteiger partial charge in [0.25, 0.3) is 0 Å². The molecule has 2 amide bonds. The third-order valence-corrected chi connectivity index (χ3v) is 4.79. The second-order valence-corrected chi connectivity index (χ2v) is 6.99. The number of carbonyl (C=O) groups excluding carboxylic acids is 1. The Kier molecular flexibility index (Phi) is 5.27. The van der Waals surface area contributed by atoms with Gasteiger partial charge < -0.3 is 15.3 Å². The average molecular weight is 338 g/mol. The number of phenolic OH excluding ortho intramolecular Hbond substituents is 1. The number of hydrogen-bond donors (Lipinski definition) is 2. The monoisotopic (exact) mass is 338 g/mol. The second kappa shape index (κ2) is 7.60. The van der Waals surface area contributed by atoms with Crippen molar-refractivity contribution in [1.82, 2.24) is 10.2 Å². The van der Waals surface area contributed by atoms with Gasteiger partial charge in [0.1, 0.15) is 5.75 Å². The Morgan fingerprint density at radius 1 is 1.28 bits per heavy atom. The van der Waals surface area contributed by atoms with Crippen LogP contribution in [-0.2, 0) is 6.42 Å². The maximum absolute atomic E-state index is 12.7. The van der Waals surface area contributed by atoms with Crippen LogP contribution in [0.5, 0.6) is 5.75 Å². The fraction of sp³-hybridized carbons (Fsp3) is 0.381. The molecular formula is C21H26N2O2. The van der Waals surface area contributed by atoms with Gasteiger partial charge in [-0.25, -0.2) is 4.79 Å². The fourth-order valence-corrected chi connectivity index (χ4v) is 3.56. The summed E-state index contributed by atoms with van der Waals surface area (Å²) in [7, 11) is 0. The molecule has 0 saturated carbocycles. The highest BCUT2D eigenvalue weighted by Gasteiger charge is 2.30. The number of hydrogen-bond acceptors (Lipinski definition) is 2. The van der Waals surface area contributed by atoms with Crippen molar-refractivity contribution in [2.45, 2.75) is 45.2 Å². The Bertz CT molecular complexity index is 727. The van der Waals surface area contributed by atoms with Crippen molar-refractivity contribution in [1.29, 1.82) is 0 Å². The molecule has 0 aromatic heterocycles. The van der Waals surface area contributed by atoms with Crippen LogP contribution in [0, 0.1) is 6.92 Å². The van der Waals surface area contributed by atoms with Crippen molar-refractivity contribution in [3.05, 3.63) is 65.2 Å². The van der Waals surface area contributed by atoms with Gasteiger partial charge in [0.15, 0.2) is 0 Å². The molecule has 2 N–H and O–H groups in total. The van der Waals surface area contributed by atoms with E-state index in [9.17, 15) is 9.90 Å². The van der Waals surface area contributed by atoms with Crippen LogP contribution in [0.4, 0.5) is 4.79 Å². The van der Waals surface area contributed by atoms with Crippen LogP contribution in [0.15, 0.2) is 48.5 Å². The smallest absolute Gasteiger partial charge is 0.318 e. The van der Waals surface area contributed by atoms with Crippen molar-refractivity contribution >= 4 is 6.03 Å². The molecule has 2 aromatic carbocycles. The highest BCUT2D eigenvalue weighted by Crippen LogP contribution is 2.32. The second-order valence-electron chi connectivity index (χ2n) is 6.99. The number of nitrogens with one attached hydrogen (secondary N) is 1. The van der Waals surface area contributed by atoms with Crippen molar-refractivity contribution in [3.8, 4) is 5.75 Å². The van der Waals surface area contributed by atoms with Crippen LogP contribution in [-0.4, -0.2) is 28.6 Å². The van der Waals surface area contributed by atoms with Gasteiger partial charge in [0, 0.05) is 12.6 Å². The first-order valence-corrected chi connectivity index (χ1v) is 8.94. The van der Waals surface area contributed by atoms with Crippen LogP contribution in [0.3, 0.4) is 0 Å². The first-order chi connectivity index (χ1) is 12.0. The summed E-state index contributed by atoms with van der Waals surface area (Å²) in [6.07, 6.45) is 2.80. The molecule has 0 radical (unpaired) electrons. The summed E-state index contributed by atoms with van der Waals surface area (Å²) in [6.45, 7) is 4.90. The van der Waals surface area contributed by atoms with E-state index < -0.39 is 0 Å². The lowest BCUT2D eigenvalue weighted by Gasteiger charge is -2.27. The lowest BCUT2D eigenvalue weighted by atomic mass is 10.0. The molecule has 1 aliphatic heterocycles. The molecule has 4 heteroatoms. The van der Waals surface area contributed by atoms with E-state index in [2.05, 4.69) is 36.5 Å². The van der Waals surface area contributed by atoms with Crippen LogP contribution < -0.4 is 5.32 Å². The number of carbonyl (C=O) groups is 1. The number of benzene rings is 2. The first kappa shape index (κ1) is 17.3. The number of rotatable bonds is 4. The number of nitrogens with zero attached hydrogens (tertiary/aromatic N) is 1. The summed E-state index contributed by atoms with van der Waals surface area (Å²) < 4.78 is 0. The van der Waals surface area contributed by atoms with E-state index in [0.717, 1.165) is 31.4 Å². The van der Waals surface area contributed by atoms with E-state index in [-0.39, 0.29) is 23.9 Å². The van der Waals surface area contributed by atoms with Gasteiger partial charge in [-0.05, 0) is 56.4 Å². The largest absolute Gasteiger partial charge is 0.508 e. The fourth-order valence-electron chi connectivity index (χ4n) is 3.56. The SMILES string of the molecule is Cc1cccc([C@H]2CCCN2C(=O)N[C@@H](C)Cc2ccc(O)cc2)c1. The van der Waals surface area contributed by atoms with E-state index in [0.29, 0.717) is 0 Å². The molecule has 0 aliphatic carbocycles. The molecule has 4 nitrogen and oxygen atoms in total. The summed E-state index contributed by atoms with van der Waals surface area (Å²) in [5.74, 6) is 0.263. The zero-order valence-electron chi connectivity index (χ0n) is 14.9. The Balaban J connectivity index is 1.62. The van der Waals surface area contributed by atoms with Crippen LogP contribution >= 0.6 is 0 Å². The molecule has 1 fully saturated rings. The van der Waals surface area contributed by atoms with Gasteiger partial charge >= 0.3 is 6.03 Å². The normalized spacial score (nSPS) is 18.2. The minimum Gasteiger partial charge on any atom is -0.508 e. The quantitative estimate of drug-likeness (QED) is 0.879. The third kappa shape index (κ3) is 4.32. The van der Waals surface area contributed by atoms with Gasteiger partial charge in [-0.1, -0.05) is 42.0 Å². The first-order valence-electron chi connectivity index (χ1n) is 8.94. The number of urea groups is 1. The Labute approximate surface area is 149 Å². The van der Waals surface area contributed by atoms with Gasteiger partial charge in [0.2, 0.25) is 0 Å². The summed E-state index contributed by atoms with van der Waals surface area (Å²) in [5, 5.41) is 12.5. The molecule has 1 saturated heterocycles. The molecular weight excluding hydrogens is 312 g/mol. The maximum Gasteiger partial charge on any atom is 0.318 e. The van der Waals surface area contributed by atoms with Gasteiger partial charge in [-0.15, -0.1) is 0 Å². The van der Waals surface area contributed by atoms with E-state index in [1.807, 2.05) is 24.0 Å². The molecule has 25 heavy (non-hydrogen) atoms. The number of aromatic hydroxyl groups is 1. The van der Waals surface area contributed by atoms with Crippen LogP contribution in [0.2, 0.25) is 0 Å².